The third-order valence-corrected chi connectivity index (χ3v) is 4.46. The van der Waals surface area contributed by atoms with E-state index < -0.39 is 11.7 Å². The van der Waals surface area contributed by atoms with Crippen LogP contribution >= 0.6 is 11.8 Å². The van der Waals surface area contributed by atoms with E-state index in [2.05, 4.69) is 12.2 Å². The van der Waals surface area contributed by atoms with Gasteiger partial charge in [0.25, 0.3) is 0 Å². The zero-order valence-corrected chi connectivity index (χ0v) is 16.8. The van der Waals surface area contributed by atoms with Crippen molar-refractivity contribution < 1.29 is 14.3 Å². The second-order valence-corrected chi connectivity index (χ2v) is 8.35. The number of carbonyl (C=O) groups is 2. The molecule has 0 saturated carbocycles. The number of piperazine rings is 1. The lowest BCUT2D eigenvalue weighted by Crippen LogP contribution is -2.54. The number of rotatable bonds is 4. The summed E-state index contributed by atoms with van der Waals surface area (Å²) in [6.45, 7) is 12.0. The highest BCUT2D eigenvalue weighted by Crippen LogP contribution is 2.17. The largest absolute Gasteiger partial charge is 0.444 e. The first-order valence-electron chi connectivity index (χ1n) is 8.48. The van der Waals surface area contributed by atoms with Crippen molar-refractivity contribution in [2.45, 2.75) is 58.9 Å². The minimum atomic E-state index is -0.592. The lowest BCUT2D eigenvalue weighted by Gasteiger charge is -2.35. The molecule has 1 saturated heterocycles. The summed E-state index contributed by atoms with van der Waals surface area (Å²) < 4.78 is 5.29. The molecule has 1 atom stereocenters. The molecule has 25 heavy (non-hydrogen) atoms. The van der Waals surface area contributed by atoms with Gasteiger partial charge in [0.15, 0.2) is 5.17 Å². The molecule has 8 heteroatoms. The molecule has 1 aliphatic rings. The number of nitrogens with one attached hydrogen (secondary N) is 2. The Morgan fingerprint density at radius 1 is 1.44 bits per heavy atom. The van der Waals surface area contributed by atoms with Crippen molar-refractivity contribution in [2.24, 2.45) is 0 Å². The van der Waals surface area contributed by atoms with Crippen LogP contribution in [0.5, 0.6) is 0 Å². The number of thioether (sulfide) groups is 1. The first-order chi connectivity index (χ1) is 11.5. The van der Waals surface area contributed by atoms with Crippen LogP contribution in [0.2, 0.25) is 0 Å². The van der Waals surface area contributed by atoms with Crippen molar-refractivity contribution in [3.63, 3.8) is 0 Å². The van der Waals surface area contributed by atoms with Crippen LogP contribution in [-0.2, 0) is 9.53 Å². The Bertz CT molecular complexity index is 543. The fraction of sp³-hybridized carbons (Fsp3) is 0.706. The van der Waals surface area contributed by atoms with E-state index >= 15 is 0 Å². The number of nitrogens with zero attached hydrogens (tertiary/aromatic N) is 2. The van der Waals surface area contributed by atoms with Crippen LogP contribution in [0.1, 0.15) is 48.0 Å². The van der Waals surface area contributed by atoms with E-state index in [0.29, 0.717) is 13.1 Å². The van der Waals surface area contributed by atoms with E-state index in [4.69, 9.17) is 10.1 Å². The summed E-state index contributed by atoms with van der Waals surface area (Å²) in [4.78, 5) is 27.2. The van der Waals surface area contributed by atoms with Gasteiger partial charge in [-0.1, -0.05) is 24.3 Å². The molecule has 2 N–H and O–H groups in total. The second-order valence-electron chi connectivity index (χ2n) is 7.02. The van der Waals surface area contributed by atoms with Gasteiger partial charge in [-0.3, -0.25) is 20.0 Å². The van der Waals surface area contributed by atoms with Crippen LogP contribution in [-0.4, -0.2) is 57.6 Å². The zero-order valence-electron chi connectivity index (χ0n) is 16.0. The molecule has 0 radical (unpaired) electrons. The van der Waals surface area contributed by atoms with Gasteiger partial charge in [-0.2, -0.15) is 0 Å². The molecule has 1 rings (SSSR count). The Balaban J connectivity index is 2.53. The standard InChI is InChI=1S/C17H30N4O3S/c1-7-12(2)10-19-13(3)25-15(18)21-9-8-20(11-14(21)22)16(23)24-17(4,5)6/h10,13,18-19H,7-9,11H2,1-6H3/b12-10+,18-15?. The van der Waals surface area contributed by atoms with Gasteiger partial charge in [0.1, 0.15) is 12.1 Å². The monoisotopic (exact) mass is 370 g/mol. The molecule has 0 aromatic rings. The minimum Gasteiger partial charge on any atom is -0.444 e. The van der Waals surface area contributed by atoms with Gasteiger partial charge in [0.2, 0.25) is 5.91 Å². The van der Waals surface area contributed by atoms with E-state index in [1.165, 1.54) is 27.1 Å². The number of ether oxygens (including phenoxy) is 1. The predicted octanol–water partition coefficient (Wildman–Crippen LogP) is 2.98. The highest BCUT2D eigenvalue weighted by atomic mass is 32.2. The lowest BCUT2D eigenvalue weighted by atomic mass is 10.2. The summed E-state index contributed by atoms with van der Waals surface area (Å²) in [6, 6.07) is 0. The van der Waals surface area contributed by atoms with Gasteiger partial charge in [-0.15, -0.1) is 0 Å². The Kier molecular flexibility index (Phi) is 7.79. The molecule has 1 aliphatic heterocycles. The van der Waals surface area contributed by atoms with Crippen molar-refractivity contribution in [2.75, 3.05) is 19.6 Å². The summed E-state index contributed by atoms with van der Waals surface area (Å²) in [5, 5.41) is 11.5. The predicted molar refractivity (Wildman–Crippen MR) is 101 cm³/mol. The molecular weight excluding hydrogens is 340 g/mol. The van der Waals surface area contributed by atoms with Crippen LogP contribution in [0.25, 0.3) is 0 Å². The number of hydrogen-bond donors (Lipinski definition) is 2. The first kappa shape index (κ1) is 21.3. The smallest absolute Gasteiger partial charge is 0.410 e. The van der Waals surface area contributed by atoms with Crippen molar-refractivity contribution in [3.05, 3.63) is 11.8 Å². The maximum Gasteiger partial charge on any atom is 0.410 e. The average molecular weight is 371 g/mol. The highest BCUT2D eigenvalue weighted by molar-refractivity contribution is 8.14. The molecule has 7 nitrogen and oxygen atoms in total. The van der Waals surface area contributed by atoms with Crippen molar-refractivity contribution in [1.82, 2.24) is 15.1 Å². The Morgan fingerprint density at radius 3 is 2.60 bits per heavy atom. The van der Waals surface area contributed by atoms with Gasteiger partial charge in [-0.05, 0) is 47.2 Å². The van der Waals surface area contributed by atoms with Gasteiger partial charge in [0.05, 0.1) is 5.37 Å². The van der Waals surface area contributed by atoms with Crippen LogP contribution in [0.15, 0.2) is 11.8 Å². The van der Waals surface area contributed by atoms with Gasteiger partial charge >= 0.3 is 6.09 Å². The molecule has 0 aliphatic carbocycles. The molecule has 0 spiro atoms. The molecular formula is C17H30N4O3S. The van der Waals surface area contributed by atoms with Crippen LogP contribution in [0.3, 0.4) is 0 Å². The second kappa shape index (κ2) is 9.12. The number of amides is 2. The summed E-state index contributed by atoms with van der Waals surface area (Å²) in [5.74, 6) is -0.262. The van der Waals surface area contributed by atoms with Gasteiger partial charge in [0, 0.05) is 13.1 Å². The fourth-order valence-corrected chi connectivity index (χ4v) is 2.79. The molecule has 1 unspecified atom stereocenters. The molecule has 1 heterocycles. The van der Waals surface area contributed by atoms with Crippen LogP contribution < -0.4 is 5.32 Å². The summed E-state index contributed by atoms with van der Waals surface area (Å²) in [6.07, 6.45) is 2.41. The number of allylic oxidation sites excluding steroid dienone is 1. The highest BCUT2D eigenvalue weighted by Gasteiger charge is 2.32. The van der Waals surface area contributed by atoms with E-state index in [1.54, 1.807) is 20.8 Å². The third-order valence-electron chi connectivity index (χ3n) is 3.53. The summed E-state index contributed by atoms with van der Waals surface area (Å²) >= 11 is 1.28. The van der Waals surface area contributed by atoms with Crippen LogP contribution in [0, 0.1) is 5.41 Å². The maximum atomic E-state index is 12.3. The summed E-state index contributed by atoms with van der Waals surface area (Å²) in [5.41, 5.74) is 0.631. The van der Waals surface area contributed by atoms with Crippen molar-refractivity contribution in [3.8, 4) is 0 Å². The average Bonchev–Trinajstić information content (AvgIpc) is 2.50. The third kappa shape index (κ3) is 7.37. The van der Waals surface area contributed by atoms with Gasteiger partial charge < -0.3 is 10.1 Å². The molecule has 142 valence electrons. The van der Waals surface area contributed by atoms with Crippen molar-refractivity contribution in [1.29, 1.82) is 5.41 Å². The Labute approximate surface area is 154 Å². The van der Waals surface area contributed by atoms with E-state index in [-0.39, 0.29) is 23.0 Å². The SMILES string of the molecule is CC/C(C)=C/NC(C)SC(=N)N1CCN(C(=O)OC(C)(C)C)CC1=O. The normalized spacial score (nSPS) is 17.4. The van der Waals surface area contributed by atoms with E-state index in [0.717, 1.165) is 6.42 Å². The van der Waals surface area contributed by atoms with E-state index in [1.807, 2.05) is 20.0 Å². The Morgan fingerprint density at radius 2 is 2.08 bits per heavy atom. The number of amidine groups is 1. The molecule has 0 bridgehead atoms. The lowest BCUT2D eigenvalue weighted by molar-refractivity contribution is -0.131. The molecule has 2 amide bonds. The topological polar surface area (TPSA) is 85.7 Å². The van der Waals surface area contributed by atoms with Gasteiger partial charge in [-0.25, -0.2) is 4.79 Å². The van der Waals surface area contributed by atoms with Crippen molar-refractivity contribution >= 4 is 28.9 Å². The molecule has 1 fully saturated rings. The minimum absolute atomic E-state index is 0.0225. The maximum absolute atomic E-state index is 12.3. The Hall–Kier alpha value is -1.70. The molecule has 0 aromatic heterocycles. The number of carbonyl (C=O) groups excluding carboxylic acids is 2. The zero-order chi connectivity index (χ0) is 19.2. The van der Waals surface area contributed by atoms with E-state index in [9.17, 15) is 9.59 Å². The fourth-order valence-electron chi connectivity index (χ4n) is 2.00. The quantitative estimate of drug-likeness (QED) is 0.451. The summed E-state index contributed by atoms with van der Waals surface area (Å²) in [7, 11) is 0. The number of hydrogen-bond acceptors (Lipinski definition) is 6. The van der Waals surface area contributed by atoms with Crippen LogP contribution in [0.4, 0.5) is 4.79 Å². The molecule has 0 aromatic carbocycles. The first-order valence-corrected chi connectivity index (χ1v) is 9.36.